The van der Waals surface area contributed by atoms with E-state index < -0.39 is 18.6 Å². The van der Waals surface area contributed by atoms with Gasteiger partial charge in [-0.05, 0) is 68.1 Å². The van der Waals surface area contributed by atoms with Gasteiger partial charge in [0.05, 0.1) is 36.0 Å². The average molecular weight is 746 g/mol. The number of hydrogen-bond acceptors (Lipinski definition) is 8. The van der Waals surface area contributed by atoms with Crippen LogP contribution in [0.15, 0.2) is 41.6 Å². The third kappa shape index (κ3) is 9.46. The van der Waals surface area contributed by atoms with E-state index in [-0.39, 0.29) is 30.4 Å². The van der Waals surface area contributed by atoms with E-state index in [0.29, 0.717) is 63.8 Å². The largest absolute Gasteiger partial charge is 0.467 e. The van der Waals surface area contributed by atoms with Crippen molar-refractivity contribution in [2.75, 3.05) is 67.1 Å². The van der Waals surface area contributed by atoms with Gasteiger partial charge in [-0.2, -0.15) is 0 Å². The normalized spacial score (nSPS) is 17.7. The van der Waals surface area contributed by atoms with Gasteiger partial charge >= 0.3 is 12.0 Å². The molecule has 0 bridgehead atoms. The molecule has 2 saturated heterocycles. The van der Waals surface area contributed by atoms with Crippen LogP contribution in [0.5, 0.6) is 0 Å². The summed E-state index contributed by atoms with van der Waals surface area (Å²) < 4.78 is 4.81. The number of rotatable bonds is 13. The van der Waals surface area contributed by atoms with Crippen LogP contribution in [0, 0.1) is 0 Å². The molecule has 2 heterocycles. The molecule has 3 amide bonds. The lowest BCUT2D eigenvalue weighted by Gasteiger charge is -2.44. The first kappa shape index (κ1) is 38.0. The molecular formula is C33H41Cl4N5O6. The number of aliphatic hydroxyl groups excluding tert-OH is 1. The molecule has 0 aromatic heterocycles. The predicted octanol–water partition coefficient (Wildman–Crippen LogP) is 5.67. The van der Waals surface area contributed by atoms with Gasteiger partial charge in [-0.15, -0.1) is 0 Å². The molecule has 15 heteroatoms. The van der Waals surface area contributed by atoms with Crippen molar-refractivity contribution < 1.29 is 29.1 Å². The minimum Gasteiger partial charge on any atom is -0.467 e. The third-order valence-electron chi connectivity index (χ3n) is 8.86. The minimum atomic E-state index is -1.01. The predicted molar refractivity (Wildman–Crippen MR) is 187 cm³/mol. The zero-order valence-electron chi connectivity index (χ0n) is 27.2. The van der Waals surface area contributed by atoms with Crippen molar-refractivity contribution in [2.45, 2.75) is 43.7 Å². The molecule has 2 aromatic rings. The maximum Gasteiger partial charge on any atom is 0.331 e. The lowest BCUT2D eigenvalue weighted by molar-refractivity contribution is -0.148. The fraction of sp³-hybridized carbons (Fsp3) is 0.515. The number of piperidine rings is 1. The van der Waals surface area contributed by atoms with E-state index in [4.69, 9.17) is 56.0 Å². The molecule has 0 radical (unpaired) electrons. The van der Waals surface area contributed by atoms with Crippen LogP contribution >= 0.6 is 46.4 Å². The molecule has 2 aliphatic heterocycles. The molecule has 0 saturated carbocycles. The van der Waals surface area contributed by atoms with Crippen LogP contribution in [0.4, 0.5) is 4.79 Å². The molecule has 1 N–H and O–H groups in total. The van der Waals surface area contributed by atoms with Crippen LogP contribution in [0.1, 0.15) is 47.5 Å². The standard InChI is InChI=1S/C33H41Cl4N5O6/c1-39(31(44)22-15-23(34)18-24(35)16-22)19-29(38-48-3)26(21-5-6-27(36)28(37)17-21)9-14-40-12-7-25(8-13-40)41-10-4-11-42(33(41)46)30(20-43)32(45)47-2/h5-6,15-18,25-26,30,43H,4,7-14,19-20H2,1-3H3/b38-29+/t26?,30-/m0/s1. The van der Waals surface area contributed by atoms with Gasteiger partial charge in [0.1, 0.15) is 7.11 Å². The lowest BCUT2D eigenvalue weighted by Crippen LogP contribution is -2.60. The van der Waals surface area contributed by atoms with Crippen molar-refractivity contribution in [1.82, 2.24) is 19.6 Å². The fourth-order valence-corrected chi connectivity index (χ4v) is 7.22. The summed E-state index contributed by atoms with van der Waals surface area (Å²) >= 11 is 25.0. The monoisotopic (exact) mass is 743 g/mol. The van der Waals surface area contributed by atoms with Crippen molar-refractivity contribution in [3.05, 3.63) is 67.6 Å². The first-order valence-electron chi connectivity index (χ1n) is 15.7. The number of carbonyl (C=O) groups excluding carboxylic acids is 3. The molecule has 2 aliphatic rings. The number of benzene rings is 2. The highest BCUT2D eigenvalue weighted by atomic mass is 35.5. The number of ether oxygens (including phenoxy) is 1. The van der Waals surface area contributed by atoms with Crippen molar-refractivity contribution >= 4 is 70.0 Å². The van der Waals surface area contributed by atoms with Gasteiger partial charge in [-0.1, -0.05) is 57.6 Å². The number of nitrogens with zero attached hydrogens (tertiary/aromatic N) is 5. The average Bonchev–Trinajstić information content (AvgIpc) is 3.06. The van der Waals surface area contributed by atoms with Crippen LogP contribution in [-0.2, 0) is 14.4 Å². The van der Waals surface area contributed by atoms with E-state index in [2.05, 4.69) is 10.1 Å². The molecule has 2 atom stereocenters. The first-order chi connectivity index (χ1) is 23.0. The van der Waals surface area contributed by atoms with E-state index in [1.165, 1.54) is 24.0 Å². The number of urea groups is 1. The second-order valence-electron chi connectivity index (χ2n) is 11.9. The smallest absolute Gasteiger partial charge is 0.331 e. The molecular weight excluding hydrogens is 704 g/mol. The van der Waals surface area contributed by atoms with Gasteiger partial charge in [-0.3, -0.25) is 4.79 Å². The molecule has 2 fully saturated rings. The zero-order valence-corrected chi connectivity index (χ0v) is 30.2. The Kier molecular flexibility index (Phi) is 14.0. The Bertz CT molecular complexity index is 1470. The number of oxime groups is 1. The molecule has 1 unspecified atom stereocenters. The highest BCUT2D eigenvalue weighted by Gasteiger charge is 2.39. The summed E-state index contributed by atoms with van der Waals surface area (Å²) in [7, 11) is 4.39. The number of hydrogen-bond donors (Lipinski definition) is 1. The number of methoxy groups -OCH3 is 1. The molecule has 48 heavy (non-hydrogen) atoms. The Morgan fingerprint density at radius 1 is 1.00 bits per heavy atom. The third-order valence-corrected chi connectivity index (χ3v) is 10.0. The molecule has 0 spiro atoms. The number of likely N-dealkylation sites (tertiary alicyclic amines) is 1. The van der Waals surface area contributed by atoms with Gasteiger partial charge in [0, 0.05) is 60.8 Å². The number of esters is 1. The quantitative estimate of drug-likeness (QED) is 0.160. The summed E-state index contributed by atoms with van der Waals surface area (Å²) in [6.45, 7) is 2.89. The van der Waals surface area contributed by atoms with Crippen molar-refractivity contribution in [3.63, 3.8) is 0 Å². The van der Waals surface area contributed by atoms with E-state index >= 15 is 0 Å². The maximum absolute atomic E-state index is 13.4. The second kappa shape index (κ2) is 17.7. The summed E-state index contributed by atoms with van der Waals surface area (Å²) in [6.07, 6.45) is 2.87. The van der Waals surface area contributed by atoms with E-state index in [1.54, 1.807) is 31.3 Å². The van der Waals surface area contributed by atoms with Crippen LogP contribution < -0.4 is 0 Å². The Balaban J connectivity index is 1.45. The van der Waals surface area contributed by atoms with Crippen LogP contribution in [0.25, 0.3) is 0 Å². The topological polar surface area (TPSA) is 115 Å². The van der Waals surface area contributed by atoms with Gasteiger partial charge in [-0.25, -0.2) is 9.59 Å². The summed E-state index contributed by atoms with van der Waals surface area (Å²) in [6, 6.07) is 8.92. The SMILES string of the molecule is CO/N=C(\CN(C)C(=O)c1cc(Cl)cc(Cl)c1)C(CCN1CCC(N2CCCN([C@@H](CO)C(=O)OC)C2=O)CC1)c1ccc(Cl)c(Cl)c1. The second-order valence-corrected chi connectivity index (χ2v) is 13.6. The summed E-state index contributed by atoms with van der Waals surface area (Å²) in [4.78, 5) is 51.3. The Morgan fingerprint density at radius 2 is 1.69 bits per heavy atom. The molecule has 11 nitrogen and oxygen atoms in total. The van der Waals surface area contributed by atoms with Gasteiger partial charge in [0.25, 0.3) is 5.91 Å². The van der Waals surface area contributed by atoms with Gasteiger partial charge in [0.15, 0.2) is 6.04 Å². The summed E-state index contributed by atoms with van der Waals surface area (Å²) in [5.41, 5.74) is 1.86. The summed E-state index contributed by atoms with van der Waals surface area (Å²) in [5, 5.41) is 15.7. The lowest BCUT2D eigenvalue weighted by atomic mass is 9.89. The maximum atomic E-state index is 13.4. The van der Waals surface area contributed by atoms with Gasteiger partial charge in [0.2, 0.25) is 0 Å². The molecule has 4 rings (SSSR count). The number of halogens is 4. The molecule has 2 aromatic carbocycles. The van der Waals surface area contributed by atoms with E-state index in [0.717, 1.165) is 31.5 Å². The Hall–Kier alpha value is -2.80. The van der Waals surface area contributed by atoms with Crippen molar-refractivity contribution in [2.24, 2.45) is 5.16 Å². The van der Waals surface area contributed by atoms with E-state index in [9.17, 15) is 19.5 Å². The highest BCUT2D eigenvalue weighted by Crippen LogP contribution is 2.31. The molecule has 262 valence electrons. The Labute approximate surface area is 301 Å². The van der Waals surface area contributed by atoms with Crippen LogP contribution in [-0.4, -0.2) is 128 Å². The Morgan fingerprint density at radius 3 is 2.29 bits per heavy atom. The van der Waals surface area contributed by atoms with Crippen molar-refractivity contribution in [1.29, 1.82) is 0 Å². The highest BCUT2D eigenvalue weighted by molar-refractivity contribution is 6.42. The van der Waals surface area contributed by atoms with Gasteiger partial charge < -0.3 is 34.3 Å². The van der Waals surface area contributed by atoms with Crippen LogP contribution in [0.2, 0.25) is 20.1 Å². The fourth-order valence-electron chi connectivity index (χ4n) is 6.39. The van der Waals surface area contributed by atoms with Crippen LogP contribution in [0.3, 0.4) is 0 Å². The number of amides is 3. The summed E-state index contributed by atoms with van der Waals surface area (Å²) in [5.74, 6) is -1.16. The number of carbonyl (C=O) groups is 3. The minimum absolute atomic E-state index is 0.0182. The molecule has 0 aliphatic carbocycles. The van der Waals surface area contributed by atoms with Crippen molar-refractivity contribution in [3.8, 4) is 0 Å². The number of aliphatic hydroxyl groups is 1. The zero-order chi connectivity index (χ0) is 35.0. The first-order valence-corrected chi connectivity index (χ1v) is 17.2. The van der Waals surface area contributed by atoms with E-state index in [1.807, 2.05) is 17.0 Å².